The van der Waals surface area contributed by atoms with Crippen molar-refractivity contribution in [1.82, 2.24) is 5.32 Å². The summed E-state index contributed by atoms with van der Waals surface area (Å²) in [7, 11) is 0. The van der Waals surface area contributed by atoms with Crippen LogP contribution in [0.1, 0.15) is 18.1 Å². The van der Waals surface area contributed by atoms with Gasteiger partial charge in [-0.05, 0) is 91.5 Å². The fourth-order valence-electron chi connectivity index (χ4n) is 2.50. The Labute approximate surface area is 185 Å². The van der Waals surface area contributed by atoms with E-state index in [1.807, 2.05) is 42.5 Å². The normalized spacial score (nSPS) is 16.5. The molecular formula is C21H18Br2N2O2S. The van der Waals surface area contributed by atoms with Gasteiger partial charge in [-0.3, -0.25) is 4.79 Å². The van der Waals surface area contributed by atoms with Gasteiger partial charge in [-0.2, -0.15) is 0 Å². The lowest BCUT2D eigenvalue weighted by Crippen LogP contribution is -2.19. The molecule has 0 aromatic heterocycles. The highest BCUT2D eigenvalue weighted by Crippen LogP contribution is 2.36. The summed E-state index contributed by atoms with van der Waals surface area (Å²) >= 11 is 8.35. The largest absolute Gasteiger partial charge is 0.487 e. The Morgan fingerprint density at radius 3 is 2.50 bits per heavy atom. The van der Waals surface area contributed by atoms with E-state index < -0.39 is 0 Å². The lowest BCUT2D eigenvalue weighted by molar-refractivity contribution is -0.115. The van der Waals surface area contributed by atoms with E-state index in [0.29, 0.717) is 22.4 Å². The number of nitrogens with zero attached hydrogens (tertiary/aromatic N) is 1. The predicted octanol–water partition coefficient (Wildman–Crippen LogP) is 6.23. The van der Waals surface area contributed by atoms with E-state index in [1.54, 1.807) is 6.08 Å². The third kappa shape index (κ3) is 5.16. The molecule has 1 fully saturated rings. The van der Waals surface area contributed by atoms with E-state index in [2.05, 4.69) is 55.7 Å². The minimum Gasteiger partial charge on any atom is -0.487 e. The minimum absolute atomic E-state index is 0.159. The summed E-state index contributed by atoms with van der Waals surface area (Å²) in [6, 6.07) is 11.8. The number of thioether (sulfide) groups is 1. The van der Waals surface area contributed by atoms with Gasteiger partial charge in [0.15, 0.2) is 5.17 Å². The van der Waals surface area contributed by atoms with E-state index in [4.69, 9.17) is 4.74 Å². The topological polar surface area (TPSA) is 50.7 Å². The second-order valence-corrected chi connectivity index (χ2v) is 8.65. The maximum atomic E-state index is 12.3. The average Bonchev–Trinajstić information content (AvgIpc) is 3.00. The molecule has 0 bridgehead atoms. The van der Waals surface area contributed by atoms with Crippen molar-refractivity contribution in [2.75, 3.05) is 6.61 Å². The zero-order chi connectivity index (χ0) is 20.1. The molecule has 1 heterocycles. The number of nitrogens with one attached hydrogen (secondary N) is 1. The second-order valence-electron chi connectivity index (χ2n) is 5.92. The van der Waals surface area contributed by atoms with Crippen LogP contribution in [0.5, 0.6) is 5.75 Å². The first kappa shape index (κ1) is 20.9. The molecule has 0 spiro atoms. The summed E-state index contributed by atoms with van der Waals surface area (Å²) in [6.07, 6.45) is 4.50. The number of rotatable bonds is 6. The van der Waals surface area contributed by atoms with Crippen LogP contribution in [-0.4, -0.2) is 17.7 Å². The maximum absolute atomic E-state index is 12.3. The standard InChI is InChI=1S/C21H18Br2N2O2S/c1-3-9-27-19-16(22)10-14(11-17(19)23)12-18-20(26)25-21(28-18)24-15-7-5-13(4-2)6-8-15/h3,5-8,10-12H,1,4,9H2,2H3,(H,24,25,26)/b18-12+. The fourth-order valence-corrected chi connectivity index (χ4v) is 4.79. The van der Waals surface area contributed by atoms with Crippen molar-refractivity contribution < 1.29 is 9.53 Å². The van der Waals surface area contributed by atoms with Gasteiger partial charge >= 0.3 is 0 Å². The Balaban J connectivity index is 1.80. The smallest absolute Gasteiger partial charge is 0.264 e. The summed E-state index contributed by atoms with van der Waals surface area (Å²) in [4.78, 5) is 17.4. The molecule has 1 N–H and O–H groups in total. The van der Waals surface area contributed by atoms with Gasteiger partial charge in [-0.15, -0.1) is 0 Å². The molecule has 1 saturated heterocycles. The van der Waals surface area contributed by atoms with Crippen LogP contribution in [0.4, 0.5) is 5.69 Å². The number of halogens is 2. The molecule has 2 aromatic rings. The molecule has 7 heteroatoms. The summed E-state index contributed by atoms with van der Waals surface area (Å²) in [5.74, 6) is 0.538. The van der Waals surface area contributed by atoms with Crippen LogP contribution in [0.2, 0.25) is 0 Å². The van der Waals surface area contributed by atoms with Crippen LogP contribution in [0.25, 0.3) is 6.08 Å². The molecule has 1 amide bonds. The molecule has 28 heavy (non-hydrogen) atoms. The Morgan fingerprint density at radius 2 is 1.89 bits per heavy atom. The molecule has 0 aliphatic carbocycles. The van der Waals surface area contributed by atoms with E-state index in [0.717, 1.165) is 26.6 Å². The van der Waals surface area contributed by atoms with Crippen molar-refractivity contribution in [2.24, 2.45) is 4.99 Å². The summed E-state index contributed by atoms with van der Waals surface area (Å²) in [6.45, 7) is 6.17. The molecule has 4 nitrogen and oxygen atoms in total. The van der Waals surface area contributed by atoms with E-state index >= 15 is 0 Å². The van der Waals surface area contributed by atoms with Gasteiger partial charge in [0.05, 0.1) is 19.5 Å². The Kier molecular flexibility index (Phi) is 7.15. The highest BCUT2D eigenvalue weighted by atomic mass is 79.9. The van der Waals surface area contributed by atoms with Crippen molar-refractivity contribution in [3.63, 3.8) is 0 Å². The molecular weight excluding hydrogens is 504 g/mol. The Bertz CT molecular complexity index is 946. The molecule has 144 valence electrons. The number of ether oxygens (including phenoxy) is 1. The SMILES string of the molecule is C=CCOc1c(Br)cc(/C=C2/SC(=Nc3ccc(CC)cc3)NC2=O)cc1Br. The van der Waals surface area contributed by atoms with E-state index in [-0.39, 0.29) is 5.91 Å². The van der Waals surface area contributed by atoms with Crippen LogP contribution < -0.4 is 10.1 Å². The first-order chi connectivity index (χ1) is 13.5. The highest BCUT2D eigenvalue weighted by Gasteiger charge is 2.24. The van der Waals surface area contributed by atoms with E-state index in [9.17, 15) is 4.79 Å². The third-order valence-electron chi connectivity index (χ3n) is 3.89. The quantitative estimate of drug-likeness (QED) is 0.362. The van der Waals surface area contributed by atoms with Gasteiger partial charge in [0.1, 0.15) is 12.4 Å². The maximum Gasteiger partial charge on any atom is 0.264 e. The fraction of sp³-hybridized carbons (Fsp3) is 0.143. The monoisotopic (exact) mass is 520 g/mol. The Hall–Kier alpha value is -1.83. The molecule has 0 radical (unpaired) electrons. The number of aryl methyl sites for hydroxylation is 1. The predicted molar refractivity (Wildman–Crippen MR) is 124 cm³/mol. The number of amides is 1. The lowest BCUT2D eigenvalue weighted by Gasteiger charge is -2.09. The number of carbonyl (C=O) groups is 1. The number of carbonyl (C=O) groups excluding carboxylic acids is 1. The number of aliphatic imine (C=N–C) groups is 1. The van der Waals surface area contributed by atoms with Crippen LogP contribution in [0.15, 0.2) is 67.9 Å². The van der Waals surface area contributed by atoms with Gasteiger partial charge in [0, 0.05) is 0 Å². The van der Waals surface area contributed by atoms with Crippen LogP contribution in [0, 0.1) is 0 Å². The summed E-state index contributed by atoms with van der Waals surface area (Å²) in [5.41, 5.74) is 2.94. The van der Waals surface area contributed by atoms with Crippen LogP contribution in [0.3, 0.4) is 0 Å². The molecule has 0 unspecified atom stereocenters. The van der Waals surface area contributed by atoms with Gasteiger partial charge in [0.25, 0.3) is 5.91 Å². The van der Waals surface area contributed by atoms with Gasteiger partial charge in [-0.1, -0.05) is 31.7 Å². The zero-order valence-electron chi connectivity index (χ0n) is 15.2. The van der Waals surface area contributed by atoms with Crippen molar-refractivity contribution in [3.8, 4) is 5.75 Å². The third-order valence-corrected chi connectivity index (χ3v) is 5.98. The second kappa shape index (κ2) is 9.58. The number of hydrogen-bond acceptors (Lipinski definition) is 4. The highest BCUT2D eigenvalue weighted by molar-refractivity contribution is 9.11. The van der Waals surface area contributed by atoms with Gasteiger partial charge in [0.2, 0.25) is 0 Å². The number of hydrogen-bond donors (Lipinski definition) is 1. The molecule has 0 saturated carbocycles. The van der Waals surface area contributed by atoms with Crippen LogP contribution in [-0.2, 0) is 11.2 Å². The molecule has 1 aliphatic heterocycles. The first-order valence-corrected chi connectivity index (χ1v) is 11.0. The minimum atomic E-state index is -0.159. The first-order valence-electron chi connectivity index (χ1n) is 8.61. The van der Waals surface area contributed by atoms with E-state index in [1.165, 1.54) is 17.3 Å². The summed E-state index contributed by atoms with van der Waals surface area (Å²) < 4.78 is 7.22. The summed E-state index contributed by atoms with van der Waals surface area (Å²) in [5, 5.41) is 3.39. The van der Waals surface area contributed by atoms with Crippen molar-refractivity contribution in [2.45, 2.75) is 13.3 Å². The molecule has 1 aliphatic rings. The van der Waals surface area contributed by atoms with Gasteiger partial charge in [-0.25, -0.2) is 4.99 Å². The van der Waals surface area contributed by atoms with Gasteiger partial charge < -0.3 is 10.1 Å². The Morgan fingerprint density at radius 1 is 1.21 bits per heavy atom. The zero-order valence-corrected chi connectivity index (χ0v) is 19.2. The average molecular weight is 522 g/mol. The van der Waals surface area contributed by atoms with Crippen molar-refractivity contribution in [1.29, 1.82) is 0 Å². The molecule has 0 atom stereocenters. The number of amidine groups is 1. The number of benzene rings is 2. The van der Waals surface area contributed by atoms with Crippen molar-refractivity contribution in [3.05, 3.63) is 74.0 Å². The molecule has 3 rings (SSSR count). The van der Waals surface area contributed by atoms with Crippen molar-refractivity contribution >= 4 is 66.5 Å². The van der Waals surface area contributed by atoms with Crippen LogP contribution >= 0.6 is 43.6 Å². The molecule has 2 aromatic carbocycles. The lowest BCUT2D eigenvalue weighted by atomic mass is 10.2.